The molecule has 2 aliphatic heterocycles. The van der Waals surface area contributed by atoms with E-state index in [1.165, 1.54) is 12.5 Å². The van der Waals surface area contributed by atoms with Gasteiger partial charge in [-0.15, -0.1) is 12.4 Å². The predicted molar refractivity (Wildman–Crippen MR) is 96.6 cm³/mol. The maximum atomic E-state index is 13.6. The number of hydrogen-bond acceptors (Lipinski definition) is 4. The molecular formula is C18H28ClFN2O2. The second kappa shape index (κ2) is 9.56. The van der Waals surface area contributed by atoms with Crippen molar-refractivity contribution >= 4 is 18.1 Å². The first kappa shape index (κ1) is 19.4. The molecule has 2 saturated heterocycles. The molecule has 2 fully saturated rings. The topological polar surface area (TPSA) is 33.7 Å². The summed E-state index contributed by atoms with van der Waals surface area (Å²) in [6.45, 7) is 4.08. The Morgan fingerprint density at radius 1 is 1.29 bits per heavy atom. The maximum absolute atomic E-state index is 13.6. The van der Waals surface area contributed by atoms with E-state index in [0.29, 0.717) is 31.2 Å². The van der Waals surface area contributed by atoms with Gasteiger partial charge in [-0.3, -0.25) is 0 Å². The number of methoxy groups -OCH3 is 1. The Labute approximate surface area is 150 Å². The van der Waals surface area contributed by atoms with Crippen LogP contribution in [0.15, 0.2) is 24.3 Å². The van der Waals surface area contributed by atoms with Gasteiger partial charge in [0.2, 0.25) is 0 Å². The zero-order valence-electron chi connectivity index (χ0n) is 14.2. The van der Waals surface area contributed by atoms with Gasteiger partial charge in [0.1, 0.15) is 5.82 Å². The zero-order chi connectivity index (χ0) is 16.1. The molecule has 0 amide bonds. The highest BCUT2D eigenvalue weighted by molar-refractivity contribution is 5.85. The van der Waals surface area contributed by atoms with Crippen LogP contribution in [0.2, 0.25) is 0 Å². The van der Waals surface area contributed by atoms with E-state index in [9.17, 15) is 4.39 Å². The number of nitrogens with zero attached hydrogens (tertiary/aromatic N) is 1. The number of rotatable bonds is 7. The first-order chi connectivity index (χ1) is 11.3. The van der Waals surface area contributed by atoms with Gasteiger partial charge in [0.25, 0.3) is 0 Å². The average molecular weight is 359 g/mol. The van der Waals surface area contributed by atoms with Gasteiger partial charge in [-0.25, -0.2) is 4.39 Å². The van der Waals surface area contributed by atoms with Gasteiger partial charge in [0.15, 0.2) is 0 Å². The predicted octanol–water partition coefficient (Wildman–Crippen LogP) is 2.86. The quantitative estimate of drug-likeness (QED) is 0.760. The van der Waals surface area contributed by atoms with Crippen LogP contribution in [-0.2, 0) is 9.47 Å². The maximum Gasteiger partial charge on any atom is 0.125 e. The van der Waals surface area contributed by atoms with E-state index in [1.807, 2.05) is 6.07 Å². The monoisotopic (exact) mass is 358 g/mol. The molecule has 136 valence electrons. The number of piperidine rings is 1. The van der Waals surface area contributed by atoms with Gasteiger partial charge >= 0.3 is 0 Å². The molecule has 0 radical (unpaired) electrons. The number of benzene rings is 1. The number of ether oxygens (including phenoxy) is 2. The van der Waals surface area contributed by atoms with Crippen LogP contribution in [0.5, 0.6) is 0 Å². The molecule has 0 bridgehead atoms. The van der Waals surface area contributed by atoms with Crippen LogP contribution < -0.4 is 10.2 Å². The van der Waals surface area contributed by atoms with Gasteiger partial charge in [0.05, 0.1) is 13.2 Å². The van der Waals surface area contributed by atoms with E-state index in [2.05, 4.69) is 10.2 Å². The molecule has 2 aliphatic rings. The summed E-state index contributed by atoms with van der Waals surface area (Å²) >= 11 is 0. The van der Waals surface area contributed by atoms with Gasteiger partial charge in [-0.1, -0.05) is 6.07 Å². The Bertz CT molecular complexity index is 506. The van der Waals surface area contributed by atoms with Crippen molar-refractivity contribution in [3.8, 4) is 0 Å². The number of nitrogens with one attached hydrogen (secondary N) is 1. The number of halogens is 2. The molecule has 2 heterocycles. The third-order valence-electron chi connectivity index (χ3n) is 5.02. The van der Waals surface area contributed by atoms with Gasteiger partial charge in [0, 0.05) is 44.6 Å². The first-order valence-electron chi connectivity index (χ1n) is 8.62. The van der Waals surface area contributed by atoms with E-state index in [4.69, 9.17) is 9.47 Å². The molecule has 6 heteroatoms. The largest absolute Gasteiger partial charge is 0.382 e. The van der Waals surface area contributed by atoms with Crippen LogP contribution in [0.25, 0.3) is 0 Å². The summed E-state index contributed by atoms with van der Waals surface area (Å²) < 4.78 is 24.3. The smallest absolute Gasteiger partial charge is 0.125 e. The second-order valence-corrected chi connectivity index (χ2v) is 6.47. The van der Waals surface area contributed by atoms with Crippen LogP contribution in [0.3, 0.4) is 0 Å². The third kappa shape index (κ3) is 4.60. The molecule has 0 saturated carbocycles. The lowest BCUT2D eigenvalue weighted by Gasteiger charge is -2.41. The summed E-state index contributed by atoms with van der Waals surface area (Å²) in [5, 5.41) is 3.66. The minimum absolute atomic E-state index is 0. The molecular weight excluding hydrogens is 331 g/mol. The van der Waals surface area contributed by atoms with Crippen molar-refractivity contribution in [1.29, 1.82) is 0 Å². The minimum atomic E-state index is -0.157. The molecule has 0 aliphatic carbocycles. The van der Waals surface area contributed by atoms with Gasteiger partial charge < -0.3 is 19.7 Å². The standard InChI is InChI=1S/C18H27FN2O2.ClH/c1-22-10-11-23-9-7-14-13-20-17-6-3-8-21(18(14)17)16-5-2-4-15(19)12-16;/h2,4-5,12,14,17-18,20H,3,6-11,13H2,1H3;1H/t14?,17-,18-;/m1./s1. The first-order valence-corrected chi connectivity index (χ1v) is 8.62. The Hall–Kier alpha value is -0.880. The second-order valence-electron chi connectivity index (χ2n) is 6.47. The molecule has 1 aromatic rings. The Morgan fingerprint density at radius 2 is 2.17 bits per heavy atom. The fraction of sp³-hybridized carbons (Fsp3) is 0.667. The van der Waals surface area contributed by atoms with Gasteiger partial charge in [-0.05, 0) is 43.4 Å². The molecule has 0 spiro atoms. The summed E-state index contributed by atoms with van der Waals surface area (Å²) in [6, 6.07) is 7.95. The van der Waals surface area contributed by atoms with Crippen molar-refractivity contribution in [3.63, 3.8) is 0 Å². The molecule has 0 aromatic heterocycles. The van der Waals surface area contributed by atoms with Crippen LogP contribution in [-0.4, -0.2) is 52.1 Å². The summed E-state index contributed by atoms with van der Waals surface area (Å²) in [7, 11) is 1.69. The summed E-state index contributed by atoms with van der Waals surface area (Å²) in [5.41, 5.74) is 1.01. The fourth-order valence-corrected chi connectivity index (χ4v) is 3.96. The SMILES string of the molecule is COCCOCCC1CN[C@@H]2CCCN(c3cccc(F)c3)[C@H]12.Cl. The van der Waals surface area contributed by atoms with Gasteiger partial charge in [-0.2, -0.15) is 0 Å². The average Bonchev–Trinajstić information content (AvgIpc) is 2.98. The van der Waals surface area contributed by atoms with Crippen LogP contribution in [0.1, 0.15) is 19.3 Å². The van der Waals surface area contributed by atoms with Crippen molar-refractivity contribution in [1.82, 2.24) is 5.32 Å². The number of fused-ring (bicyclic) bond motifs is 1. The highest BCUT2D eigenvalue weighted by Gasteiger charge is 2.41. The van der Waals surface area contributed by atoms with E-state index < -0.39 is 0 Å². The highest BCUT2D eigenvalue weighted by atomic mass is 35.5. The lowest BCUT2D eigenvalue weighted by molar-refractivity contribution is 0.0633. The molecule has 3 atom stereocenters. The Balaban J connectivity index is 0.00000208. The van der Waals surface area contributed by atoms with Crippen molar-refractivity contribution in [2.75, 3.05) is 44.9 Å². The highest BCUT2D eigenvalue weighted by Crippen LogP contribution is 2.34. The molecule has 3 rings (SSSR count). The van der Waals surface area contributed by atoms with Crippen molar-refractivity contribution in [2.24, 2.45) is 5.92 Å². The van der Waals surface area contributed by atoms with E-state index >= 15 is 0 Å². The third-order valence-corrected chi connectivity index (χ3v) is 5.02. The van der Waals surface area contributed by atoms with E-state index in [-0.39, 0.29) is 18.2 Å². The fourth-order valence-electron chi connectivity index (χ4n) is 3.96. The molecule has 1 aromatic carbocycles. The van der Waals surface area contributed by atoms with Crippen molar-refractivity contribution < 1.29 is 13.9 Å². The molecule has 24 heavy (non-hydrogen) atoms. The number of hydrogen-bond donors (Lipinski definition) is 1. The van der Waals surface area contributed by atoms with Crippen molar-refractivity contribution in [3.05, 3.63) is 30.1 Å². The van der Waals surface area contributed by atoms with E-state index in [1.54, 1.807) is 19.2 Å². The lowest BCUT2D eigenvalue weighted by atomic mass is 9.88. The molecule has 1 unspecified atom stereocenters. The Morgan fingerprint density at radius 3 is 2.96 bits per heavy atom. The molecule has 1 N–H and O–H groups in total. The van der Waals surface area contributed by atoms with Crippen molar-refractivity contribution in [2.45, 2.75) is 31.3 Å². The molecule has 4 nitrogen and oxygen atoms in total. The minimum Gasteiger partial charge on any atom is -0.382 e. The summed E-state index contributed by atoms with van der Waals surface area (Å²) in [5.74, 6) is 0.390. The number of anilines is 1. The normalized spacial score (nSPS) is 26.1. The Kier molecular flexibility index (Phi) is 7.75. The van der Waals surface area contributed by atoms with E-state index in [0.717, 1.165) is 38.2 Å². The van der Waals surface area contributed by atoms with Crippen LogP contribution >= 0.6 is 12.4 Å². The summed E-state index contributed by atoms with van der Waals surface area (Å²) in [6.07, 6.45) is 3.39. The lowest BCUT2D eigenvalue weighted by Crippen LogP contribution is -2.51. The zero-order valence-corrected chi connectivity index (χ0v) is 15.1. The van der Waals surface area contributed by atoms with Crippen LogP contribution in [0, 0.1) is 11.7 Å². The summed E-state index contributed by atoms with van der Waals surface area (Å²) in [4.78, 5) is 2.40. The van der Waals surface area contributed by atoms with Crippen LogP contribution in [0.4, 0.5) is 10.1 Å².